The van der Waals surface area contributed by atoms with Crippen molar-refractivity contribution in [1.82, 2.24) is 10.1 Å². The van der Waals surface area contributed by atoms with E-state index < -0.39 is 6.10 Å². The average molecular weight is 232 g/mol. The van der Waals surface area contributed by atoms with Crippen molar-refractivity contribution in [3.63, 3.8) is 0 Å². The van der Waals surface area contributed by atoms with Gasteiger partial charge < -0.3 is 9.63 Å². The van der Waals surface area contributed by atoms with Crippen molar-refractivity contribution in [1.29, 1.82) is 0 Å². The Kier molecular flexibility index (Phi) is 3.54. The van der Waals surface area contributed by atoms with E-state index >= 15 is 0 Å². The third-order valence-corrected chi connectivity index (χ3v) is 2.64. The molecule has 2 aromatic rings. The molecular formula is C13H16N2O2. The van der Waals surface area contributed by atoms with Crippen molar-refractivity contribution < 1.29 is 9.63 Å². The standard InChI is InChI=1S/C13H16N2O2/c1-3-11(16)13-14-12(17-15-13)8-10-6-4-9(2)5-7-10/h4-7,11,16H,3,8H2,1-2H3. The van der Waals surface area contributed by atoms with E-state index in [1.54, 1.807) is 0 Å². The van der Waals surface area contributed by atoms with Crippen LogP contribution < -0.4 is 0 Å². The number of aliphatic hydroxyl groups excluding tert-OH is 1. The molecule has 0 aliphatic heterocycles. The van der Waals surface area contributed by atoms with Gasteiger partial charge in [0.15, 0.2) is 5.82 Å². The quantitative estimate of drug-likeness (QED) is 0.879. The van der Waals surface area contributed by atoms with Crippen LogP contribution in [0.15, 0.2) is 28.8 Å². The molecule has 4 heteroatoms. The number of benzene rings is 1. The van der Waals surface area contributed by atoms with Gasteiger partial charge in [0.2, 0.25) is 5.89 Å². The molecule has 90 valence electrons. The van der Waals surface area contributed by atoms with E-state index in [-0.39, 0.29) is 0 Å². The smallest absolute Gasteiger partial charge is 0.231 e. The SMILES string of the molecule is CCC(O)c1noc(Cc2ccc(C)cc2)n1. The topological polar surface area (TPSA) is 59.2 Å². The van der Waals surface area contributed by atoms with E-state index in [0.717, 1.165) is 5.56 Å². The summed E-state index contributed by atoms with van der Waals surface area (Å²) >= 11 is 0. The summed E-state index contributed by atoms with van der Waals surface area (Å²) in [7, 11) is 0. The first-order valence-corrected chi connectivity index (χ1v) is 5.75. The van der Waals surface area contributed by atoms with Gasteiger partial charge >= 0.3 is 0 Å². The zero-order valence-corrected chi connectivity index (χ0v) is 10.1. The van der Waals surface area contributed by atoms with Crippen LogP contribution in [0.2, 0.25) is 0 Å². The molecule has 1 aromatic carbocycles. The first-order chi connectivity index (χ1) is 8.19. The summed E-state index contributed by atoms with van der Waals surface area (Å²) in [6, 6.07) is 8.17. The maximum atomic E-state index is 9.56. The van der Waals surface area contributed by atoms with Gasteiger partial charge in [0.1, 0.15) is 6.10 Å². The van der Waals surface area contributed by atoms with Crippen LogP contribution >= 0.6 is 0 Å². The highest BCUT2D eigenvalue weighted by Gasteiger charge is 2.13. The monoisotopic (exact) mass is 232 g/mol. The molecule has 2 rings (SSSR count). The van der Waals surface area contributed by atoms with Crippen molar-refractivity contribution in [2.75, 3.05) is 0 Å². The molecule has 0 bridgehead atoms. The van der Waals surface area contributed by atoms with Crippen LogP contribution in [0.3, 0.4) is 0 Å². The predicted octanol–water partition coefficient (Wildman–Crippen LogP) is 2.41. The van der Waals surface area contributed by atoms with Crippen LogP contribution in [0.25, 0.3) is 0 Å². The largest absolute Gasteiger partial charge is 0.385 e. The zero-order valence-electron chi connectivity index (χ0n) is 10.1. The fourth-order valence-corrected chi connectivity index (χ4v) is 1.54. The molecule has 0 aliphatic rings. The van der Waals surface area contributed by atoms with E-state index in [9.17, 15) is 5.11 Å². The molecule has 1 heterocycles. The molecule has 4 nitrogen and oxygen atoms in total. The Morgan fingerprint density at radius 2 is 2.00 bits per heavy atom. The van der Waals surface area contributed by atoms with Crippen molar-refractivity contribution in [2.24, 2.45) is 0 Å². The van der Waals surface area contributed by atoms with E-state index in [4.69, 9.17) is 4.52 Å². The lowest BCUT2D eigenvalue weighted by Gasteiger charge is -1.99. The van der Waals surface area contributed by atoms with Gasteiger partial charge in [-0.2, -0.15) is 4.98 Å². The number of rotatable bonds is 4. The van der Waals surface area contributed by atoms with Gasteiger partial charge in [0.25, 0.3) is 0 Å². The van der Waals surface area contributed by atoms with Crippen LogP contribution in [0.4, 0.5) is 0 Å². The number of aliphatic hydroxyl groups is 1. The Morgan fingerprint density at radius 1 is 1.29 bits per heavy atom. The number of hydrogen-bond donors (Lipinski definition) is 1. The Hall–Kier alpha value is -1.68. The van der Waals surface area contributed by atoms with Crippen LogP contribution in [-0.4, -0.2) is 15.2 Å². The second-order valence-electron chi connectivity index (χ2n) is 4.13. The Labute approximate surface area is 100 Å². The summed E-state index contributed by atoms with van der Waals surface area (Å²) in [5, 5.41) is 13.3. The van der Waals surface area contributed by atoms with Gasteiger partial charge in [-0.05, 0) is 18.9 Å². The van der Waals surface area contributed by atoms with E-state index in [1.807, 2.05) is 38.1 Å². The van der Waals surface area contributed by atoms with E-state index in [2.05, 4.69) is 10.1 Å². The van der Waals surface area contributed by atoms with Crippen LogP contribution in [0, 0.1) is 6.92 Å². The minimum Gasteiger partial charge on any atom is -0.385 e. The van der Waals surface area contributed by atoms with Gasteiger partial charge in [-0.25, -0.2) is 0 Å². The van der Waals surface area contributed by atoms with Crippen molar-refractivity contribution >= 4 is 0 Å². The number of aromatic nitrogens is 2. The normalized spacial score (nSPS) is 12.6. The fourth-order valence-electron chi connectivity index (χ4n) is 1.54. The lowest BCUT2D eigenvalue weighted by atomic mass is 10.1. The number of aryl methyl sites for hydroxylation is 1. The lowest BCUT2D eigenvalue weighted by Crippen LogP contribution is -1.98. The minimum atomic E-state index is -0.634. The van der Waals surface area contributed by atoms with Gasteiger partial charge in [-0.15, -0.1) is 0 Å². The number of hydrogen-bond acceptors (Lipinski definition) is 4. The summed E-state index contributed by atoms with van der Waals surface area (Å²) < 4.78 is 5.10. The summed E-state index contributed by atoms with van der Waals surface area (Å²) in [5.41, 5.74) is 2.35. The average Bonchev–Trinajstić information content (AvgIpc) is 2.80. The fraction of sp³-hybridized carbons (Fsp3) is 0.385. The lowest BCUT2D eigenvalue weighted by molar-refractivity contribution is 0.159. The molecule has 17 heavy (non-hydrogen) atoms. The zero-order chi connectivity index (χ0) is 12.3. The van der Waals surface area contributed by atoms with E-state index in [0.29, 0.717) is 24.6 Å². The second kappa shape index (κ2) is 5.10. The molecular weight excluding hydrogens is 216 g/mol. The maximum Gasteiger partial charge on any atom is 0.231 e. The molecule has 1 aromatic heterocycles. The molecule has 1 unspecified atom stereocenters. The molecule has 0 saturated heterocycles. The molecule has 0 amide bonds. The van der Waals surface area contributed by atoms with Gasteiger partial charge in [0, 0.05) is 0 Å². The first-order valence-electron chi connectivity index (χ1n) is 5.75. The maximum absolute atomic E-state index is 9.56. The molecule has 0 radical (unpaired) electrons. The van der Waals surface area contributed by atoms with Crippen LogP contribution in [-0.2, 0) is 6.42 Å². The van der Waals surface area contributed by atoms with Crippen molar-refractivity contribution in [3.8, 4) is 0 Å². The van der Waals surface area contributed by atoms with Crippen molar-refractivity contribution in [3.05, 3.63) is 47.1 Å². The number of nitrogens with zero attached hydrogens (tertiary/aromatic N) is 2. The van der Waals surface area contributed by atoms with Crippen LogP contribution in [0.1, 0.15) is 42.3 Å². The summed E-state index contributed by atoms with van der Waals surface area (Å²) in [6.07, 6.45) is 0.554. The van der Waals surface area contributed by atoms with E-state index in [1.165, 1.54) is 5.56 Å². The molecule has 0 fully saturated rings. The van der Waals surface area contributed by atoms with Crippen molar-refractivity contribution in [2.45, 2.75) is 32.8 Å². The highest BCUT2D eigenvalue weighted by atomic mass is 16.5. The Balaban J connectivity index is 2.08. The summed E-state index contributed by atoms with van der Waals surface area (Å²) in [5.74, 6) is 0.908. The highest BCUT2D eigenvalue weighted by Crippen LogP contribution is 2.14. The Morgan fingerprint density at radius 3 is 2.65 bits per heavy atom. The Bertz CT molecular complexity index is 476. The molecule has 1 N–H and O–H groups in total. The first kappa shape index (κ1) is 11.8. The molecule has 0 spiro atoms. The highest BCUT2D eigenvalue weighted by molar-refractivity contribution is 5.23. The molecule has 0 aliphatic carbocycles. The summed E-state index contributed by atoms with van der Waals surface area (Å²) in [6.45, 7) is 3.92. The third-order valence-electron chi connectivity index (χ3n) is 2.64. The molecule has 0 saturated carbocycles. The third kappa shape index (κ3) is 2.91. The summed E-state index contributed by atoms with van der Waals surface area (Å²) in [4.78, 5) is 4.17. The van der Waals surface area contributed by atoms with Gasteiger partial charge in [0.05, 0.1) is 6.42 Å². The van der Waals surface area contributed by atoms with Gasteiger partial charge in [-0.3, -0.25) is 0 Å². The van der Waals surface area contributed by atoms with Crippen LogP contribution in [0.5, 0.6) is 0 Å². The second-order valence-corrected chi connectivity index (χ2v) is 4.13. The molecule has 1 atom stereocenters. The van der Waals surface area contributed by atoms with Gasteiger partial charge in [-0.1, -0.05) is 41.9 Å². The minimum absolute atomic E-state index is 0.370. The predicted molar refractivity (Wildman–Crippen MR) is 63.5 cm³/mol.